The van der Waals surface area contributed by atoms with Crippen molar-refractivity contribution in [1.29, 1.82) is 5.26 Å². The zero-order chi connectivity index (χ0) is 20.6. The summed E-state index contributed by atoms with van der Waals surface area (Å²) in [6.45, 7) is 1.52. The molecule has 2 heterocycles. The first-order chi connectivity index (χ1) is 13.1. The molecule has 0 radical (unpaired) electrons. The van der Waals surface area contributed by atoms with Gasteiger partial charge in [0.05, 0.1) is 16.6 Å². The number of fused-ring (bicyclic) bond motifs is 1. The average Bonchev–Trinajstić information content (AvgIpc) is 2.62. The molecule has 1 aromatic carbocycles. The van der Waals surface area contributed by atoms with E-state index in [1.54, 1.807) is 24.3 Å². The monoisotopic (exact) mass is 408 g/mol. The van der Waals surface area contributed by atoms with Gasteiger partial charge in [0.15, 0.2) is 0 Å². The van der Waals surface area contributed by atoms with Crippen molar-refractivity contribution >= 4 is 28.2 Å². The second-order valence-electron chi connectivity index (χ2n) is 5.98. The van der Waals surface area contributed by atoms with Gasteiger partial charge in [-0.2, -0.15) is 5.26 Å². The molecular formula is C18H12ClF3N4O2. The molecule has 0 saturated heterocycles. The van der Waals surface area contributed by atoms with Crippen molar-refractivity contribution < 1.29 is 13.2 Å². The molecule has 0 aliphatic rings. The van der Waals surface area contributed by atoms with Gasteiger partial charge in [-0.1, -0.05) is 23.7 Å². The minimum atomic E-state index is -5.06. The van der Waals surface area contributed by atoms with Crippen LogP contribution in [0.5, 0.6) is 0 Å². The summed E-state index contributed by atoms with van der Waals surface area (Å²) in [6.07, 6.45) is -5.06. The van der Waals surface area contributed by atoms with Gasteiger partial charge in [0.2, 0.25) is 0 Å². The summed E-state index contributed by atoms with van der Waals surface area (Å²) in [5.41, 5.74) is -2.52. The molecule has 0 aliphatic heterocycles. The third-order valence-electron chi connectivity index (χ3n) is 4.15. The number of rotatable bonds is 3. The molecule has 2 N–H and O–H groups in total. The van der Waals surface area contributed by atoms with Gasteiger partial charge in [0.1, 0.15) is 17.5 Å². The van der Waals surface area contributed by atoms with Crippen LogP contribution in [0.4, 0.5) is 18.9 Å². The molecule has 10 heteroatoms. The highest BCUT2D eigenvalue weighted by Gasteiger charge is 2.35. The van der Waals surface area contributed by atoms with Gasteiger partial charge in [-0.05, 0) is 31.2 Å². The molecule has 1 atom stereocenters. The number of anilines is 1. The first kappa shape index (κ1) is 19.5. The summed E-state index contributed by atoms with van der Waals surface area (Å²) in [6, 6.07) is 9.05. The smallest absolute Gasteiger partial charge is 0.374 e. The lowest BCUT2D eigenvalue weighted by atomic mass is 10.1. The van der Waals surface area contributed by atoms with E-state index in [4.69, 9.17) is 16.9 Å². The van der Waals surface area contributed by atoms with Crippen molar-refractivity contribution in [3.05, 3.63) is 73.4 Å². The Bertz CT molecular complexity index is 1220. The van der Waals surface area contributed by atoms with Crippen LogP contribution < -0.4 is 16.4 Å². The summed E-state index contributed by atoms with van der Waals surface area (Å²) in [5.74, 6) is 0. The zero-order valence-electron chi connectivity index (χ0n) is 14.3. The number of para-hydroxylation sites is 1. The van der Waals surface area contributed by atoms with Crippen LogP contribution in [0.1, 0.15) is 24.2 Å². The molecule has 144 valence electrons. The Morgan fingerprint density at radius 2 is 1.96 bits per heavy atom. The second kappa shape index (κ2) is 7.05. The summed E-state index contributed by atoms with van der Waals surface area (Å²) >= 11 is 6.04. The highest BCUT2D eigenvalue weighted by Crippen LogP contribution is 2.25. The van der Waals surface area contributed by atoms with Crippen LogP contribution in [0.3, 0.4) is 0 Å². The number of hydrogen-bond donors (Lipinski definition) is 2. The number of aromatic amines is 1. The number of nitriles is 1. The van der Waals surface area contributed by atoms with Crippen molar-refractivity contribution in [2.75, 3.05) is 5.32 Å². The molecule has 0 amide bonds. The Morgan fingerprint density at radius 3 is 2.61 bits per heavy atom. The highest BCUT2D eigenvalue weighted by atomic mass is 35.5. The van der Waals surface area contributed by atoms with E-state index < -0.39 is 39.4 Å². The maximum atomic E-state index is 13.1. The van der Waals surface area contributed by atoms with Crippen LogP contribution >= 0.6 is 11.6 Å². The molecule has 2 aromatic heterocycles. The Morgan fingerprint density at radius 1 is 1.25 bits per heavy atom. The predicted molar refractivity (Wildman–Crippen MR) is 98.3 cm³/mol. The van der Waals surface area contributed by atoms with E-state index in [1.807, 2.05) is 0 Å². The number of benzene rings is 1. The molecule has 0 spiro atoms. The fourth-order valence-electron chi connectivity index (χ4n) is 2.83. The number of hydrogen-bond acceptors (Lipinski definition) is 4. The first-order valence-corrected chi connectivity index (χ1v) is 8.32. The molecule has 3 rings (SSSR count). The Kier molecular flexibility index (Phi) is 4.91. The van der Waals surface area contributed by atoms with E-state index in [-0.39, 0.29) is 5.56 Å². The standard InChI is InChI=1S/C18H12ClF3N4O2/c1-9(12-7-10-3-2-4-13(19)15(10)25-16(12)27)24-14-6-5-11(8-23)26(17(14)28)18(20,21)22/h2-7,9,24H,1H3,(H,25,27)/t9-/m0/s1. The lowest BCUT2D eigenvalue weighted by Crippen LogP contribution is -2.34. The maximum absolute atomic E-state index is 13.1. The molecule has 6 nitrogen and oxygen atoms in total. The highest BCUT2D eigenvalue weighted by molar-refractivity contribution is 6.35. The molecule has 0 fully saturated rings. The van der Waals surface area contributed by atoms with Gasteiger partial charge in [0.25, 0.3) is 11.1 Å². The summed E-state index contributed by atoms with van der Waals surface area (Å²) < 4.78 is 38.8. The maximum Gasteiger partial charge on any atom is 0.492 e. The molecule has 0 bridgehead atoms. The molecule has 28 heavy (non-hydrogen) atoms. The minimum Gasteiger partial charge on any atom is -0.374 e. The topological polar surface area (TPSA) is 90.7 Å². The van der Waals surface area contributed by atoms with E-state index in [2.05, 4.69) is 10.3 Å². The second-order valence-corrected chi connectivity index (χ2v) is 6.38. The molecule has 0 aliphatic carbocycles. The van der Waals surface area contributed by atoms with E-state index in [0.717, 1.165) is 12.1 Å². The van der Waals surface area contributed by atoms with Gasteiger partial charge in [-0.15, -0.1) is 13.2 Å². The number of nitrogens with zero attached hydrogens (tertiary/aromatic N) is 2. The lowest BCUT2D eigenvalue weighted by molar-refractivity contribution is -0.206. The first-order valence-electron chi connectivity index (χ1n) is 7.95. The number of alkyl halides is 3. The number of H-pyrrole nitrogens is 1. The largest absolute Gasteiger partial charge is 0.492 e. The number of halogens is 4. The van der Waals surface area contributed by atoms with Crippen molar-refractivity contribution in [1.82, 2.24) is 9.55 Å². The normalized spacial score (nSPS) is 12.6. The fourth-order valence-corrected chi connectivity index (χ4v) is 3.06. The minimum absolute atomic E-state index is 0.206. The molecule has 0 saturated carbocycles. The Hall–Kier alpha value is -3.25. The number of pyridine rings is 2. The van der Waals surface area contributed by atoms with E-state index in [0.29, 0.717) is 15.9 Å². The molecule has 3 aromatic rings. The fraction of sp³-hybridized carbons (Fsp3) is 0.167. The van der Waals surface area contributed by atoms with Crippen LogP contribution in [0.15, 0.2) is 46.0 Å². The van der Waals surface area contributed by atoms with Crippen LogP contribution in [0, 0.1) is 11.3 Å². The van der Waals surface area contributed by atoms with E-state index >= 15 is 0 Å². The molecular weight excluding hydrogens is 397 g/mol. The van der Waals surface area contributed by atoms with Crippen LogP contribution in [0.25, 0.3) is 10.9 Å². The van der Waals surface area contributed by atoms with Gasteiger partial charge in [-0.3, -0.25) is 9.59 Å². The van der Waals surface area contributed by atoms with Crippen molar-refractivity contribution in [2.24, 2.45) is 0 Å². The van der Waals surface area contributed by atoms with Gasteiger partial charge < -0.3 is 10.3 Å². The SMILES string of the molecule is C[C@H](Nc1ccc(C#N)n(C(F)(F)F)c1=O)c1cc2cccc(Cl)c2[nH]c1=O. The van der Waals surface area contributed by atoms with Crippen molar-refractivity contribution in [2.45, 2.75) is 19.3 Å². The Labute approximate surface area is 160 Å². The summed E-state index contributed by atoms with van der Waals surface area (Å²) in [4.78, 5) is 27.2. The third-order valence-corrected chi connectivity index (χ3v) is 4.46. The summed E-state index contributed by atoms with van der Waals surface area (Å²) in [5, 5.41) is 12.4. The lowest BCUT2D eigenvalue weighted by Gasteiger charge is -2.18. The van der Waals surface area contributed by atoms with E-state index in [9.17, 15) is 22.8 Å². The Balaban J connectivity index is 2.05. The quantitative estimate of drug-likeness (QED) is 0.688. The number of nitrogens with one attached hydrogen (secondary N) is 2. The predicted octanol–water partition coefficient (Wildman–Crippen LogP) is 3.86. The van der Waals surface area contributed by atoms with Crippen LogP contribution in [0.2, 0.25) is 5.02 Å². The third kappa shape index (κ3) is 3.46. The van der Waals surface area contributed by atoms with Gasteiger partial charge >= 0.3 is 6.30 Å². The summed E-state index contributed by atoms with van der Waals surface area (Å²) in [7, 11) is 0. The van der Waals surface area contributed by atoms with Crippen molar-refractivity contribution in [3.63, 3.8) is 0 Å². The average molecular weight is 409 g/mol. The zero-order valence-corrected chi connectivity index (χ0v) is 15.0. The van der Waals surface area contributed by atoms with Crippen molar-refractivity contribution in [3.8, 4) is 6.07 Å². The molecule has 0 unspecified atom stereocenters. The van der Waals surface area contributed by atoms with Crippen LogP contribution in [-0.2, 0) is 6.30 Å². The number of aromatic nitrogens is 2. The van der Waals surface area contributed by atoms with E-state index in [1.165, 1.54) is 13.0 Å². The van der Waals surface area contributed by atoms with Gasteiger partial charge in [0, 0.05) is 10.9 Å². The van der Waals surface area contributed by atoms with Crippen LogP contribution in [-0.4, -0.2) is 9.55 Å². The van der Waals surface area contributed by atoms with Gasteiger partial charge in [-0.25, -0.2) is 4.57 Å².